The largest absolute Gasteiger partial charge is 0.333 e. The average Bonchev–Trinajstić information content (AvgIpc) is 2.89. The Morgan fingerprint density at radius 3 is 2.21 bits per heavy atom. The molecule has 3 rings (SSSR count). The van der Waals surface area contributed by atoms with E-state index < -0.39 is 0 Å². The van der Waals surface area contributed by atoms with E-state index in [1.807, 2.05) is 62.1 Å². The standard InChI is InChI=1S/C27H38N4O2/c1-6-16-30(17-7-2)19-25(32)31-23-11-9-8-10-20(23)12-13-21-14-15-22(18-24(21)31)28-26(33)29-27(3,4)5/h8-11,14-15,18H,6-7,12-13,16-17,19H2,1-5H3,(H2,28,29,33). The highest BCUT2D eigenvalue weighted by atomic mass is 16.2. The molecule has 3 amide bonds. The van der Waals surface area contributed by atoms with Gasteiger partial charge < -0.3 is 10.6 Å². The highest BCUT2D eigenvalue weighted by Crippen LogP contribution is 2.37. The van der Waals surface area contributed by atoms with Crippen LogP contribution in [0.1, 0.15) is 58.6 Å². The number of hydrogen-bond donors (Lipinski definition) is 2. The van der Waals surface area contributed by atoms with Crippen molar-refractivity contribution in [3.8, 4) is 0 Å². The van der Waals surface area contributed by atoms with Crippen LogP contribution in [-0.2, 0) is 17.6 Å². The van der Waals surface area contributed by atoms with Gasteiger partial charge in [0.1, 0.15) is 0 Å². The Bertz CT molecular complexity index is 974. The Labute approximate surface area is 198 Å². The maximum absolute atomic E-state index is 13.7. The predicted octanol–water partition coefficient (Wildman–Crippen LogP) is 5.49. The molecule has 0 aliphatic carbocycles. The first kappa shape index (κ1) is 24.8. The van der Waals surface area contributed by atoms with Gasteiger partial charge in [0.15, 0.2) is 0 Å². The van der Waals surface area contributed by atoms with Crippen LogP contribution in [0.3, 0.4) is 0 Å². The van der Waals surface area contributed by atoms with Gasteiger partial charge in [0, 0.05) is 11.2 Å². The van der Waals surface area contributed by atoms with Crippen molar-refractivity contribution >= 4 is 29.0 Å². The second-order valence-electron chi connectivity index (χ2n) is 9.81. The van der Waals surface area contributed by atoms with Crippen LogP contribution in [-0.4, -0.2) is 42.0 Å². The Kier molecular flexibility index (Phi) is 8.14. The molecule has 0 atom stereocenters. The lowest BCUT2D eigenvalue weighted by molar-refractivity contribution is -0.119. The van der Waals surface area contributed by atoms with Crippen LogP contribution in [0.5, 0.6) is 0 Å². The number of anilines is 3. The fourth-order valence-electron chi connectivity index (χ4n) is 4.34. The van der Waals surface area contributed by atoms with Crippen LogP contribution in [0.4, 0.5) is 21.9 Å². The zero-order valence-corrected chi connectivity index (χ0v) is 20.7. The van der Waals surface area contributed by atoms with E-state index in [4.69, 9.17) is 0 Å². The van der Waals surface area contributed by atoms with Gasteiger partial charge in [-0.05, 0) is 88.9 Å². The number of hydrogen-bond acceptors (Lipinski definition) is 3. The van der Waals surface area contributed by atoms with Gasteiger partial charge in [0.25, 0.3) is 0 Å². The lowest BCUT2D eigenvalue weighted by atomic mass is 10.0. The van der Waals surface area contributed by atoms with E-state index in [1.165, 1.54) is 5.56 Å². The number of nitrogens with one attached hydrogen (secondary N) is 2. The first-order valence-electron chi connectivity index (χ1n) is 12.1. The Morgan fingerprint density at radius 1 is 0.939 bits per heavy atom. The molecule has 6 heteroatoms. The summed E-state index contributed by atoms with van der Waals surface area (Å²) in [5.41, 5.74) is 4.40. The fraction of sp³-hybridized carbons (Fsp3) is 0.481. The maximum atomic E-state index is 13.7. The van der Waals surface area contributed by atoms with Crippen molar-refractivity contribution in [1.82, 2.24) is 10.2 Å². The third-order valence-corrected chi connectivity index (χ3v) is 5.66. The summed E-state index contributed by atoms with van der Waals surface area (Å²) in [4.78, 5) is 30.3. The number of aryl methyl sites for hydroxylation is 2. The third kappa shape index (κ3) is 6.57. The summed E-state index contributed by atoms with van der Waals surface area (Å²) in [6.07, 6.45) is 3.74. The SMILES string of the molecule is CCCN(CCC)CC(=O)N1c2ccccc2CCc2ccc(NC(=O)NC(C)(C)C)cc21. The molecule has 0 aromatic heterocycles. The minimum Gasteiger partial charge on any atom is -0.333 e. The molecule has 2 aromatic rings. The van der Waals surface area contributed by atoms with Gasteiger partial charge in [-0.3, -0.25) is 14.6 Å². The van der Waals surface area contributed by atoms with E-state index in [0.29, 0.717) is 12.2 Å². The normalized spacial score (nSPS) is 13.2. The Morgan fingerprint density at radius 2 is 1.58 bits per heavy atom. The van der Waals surface area contributed by atoms with E-state index in [-0.39, 0.29) is 17.5 Å². The second kappa shape index (κ2) is 10.8. The van der Waals surface area contributed by atoms with Crippen molar-refractivity contribution in [1.29, 1.82) is 0 Å². The molecule has 0 radical (unpaired) electrons. The highest BCUT2D eigenvalue weighted by molar-refractivity contribution is 6.04. The van der Waals surface area contributed by atoms with Crippen LogP contribution in [0.2, 0.25) is 0 Å². The molecule has 178 valence electrons. The summed E-state index contributed by atoms with van der Waals surface area (Å²) >= 11 is 0. The van der Waals surface area contributed by atoms with Crippen molar-refractivity contribution in [3.05, 3.63) is 53.6 Å². The number of carbonyl (C=O) groups is 2. The van der Waals surface area contributed by atoms with E-state index in [2.05, 4.69) is 35.4 Å². The summed E-state index contributed by atoms with van der Waals surface area (Å²) in [7, 11) is 0. The highest BCUT2D eigenvalue weighted by Gasteiger charge is 2.27. The van der Waals surface area contributed by atoms with E-state index in [1.54, 1.807) is 0 Å². The smallest absolute Gasteiger partial charge is 0.319 e. The van der Waals surface area contributed by atoms with Gasteiger partial charge in [-0.2, -0.15) is 0 Å². The molecule has 0 fully saturated rings. The maximum Gasteiger partial charge on any atom is 0.319 e. The monoisotopic (exact) mass is 450 g/mol. The molecular formula is C27H38N4O2. The van der Waals surface area contributed by atoms with Crippen LogP contribution in [0.25, 0.3) is 0 Å². The molecular weight excluding hydrogens is 412 g/mol. The van der Waals surface area contributed by atoms with Gasteiger partial charge in [-0.1, -0.05) is 38.1 Å². The molecule has 0 bridgehead atoms. The van der Waals surface area contributed by atoms with Crippen molar-refractivity contribution in [2.24, 2.45) is 0 Å². The number of fused-ring (bicyclic) bond motifs is 2. The number of benzene rings is 2. The minimum absolute atomic E-state index is 0.0591. The number of amides is 3. The molecule has 2 N–H and O–H groups in total. The number of para-hydroxylation sites is 1. The van der Waals surface area contributed by atoms with Crippen molar-refractivity contribution in [2.45, 2.75) is 65.8 Å². The van der Waals surface area contributed by atoms with Gasteiger partial charge >= 0.3 is 6.03 Å². The summed E-state index contributed by atoms with van der Waals surface area (Å²) in [5.74, 6) is 0.0591. The molecule has 6 nitrogen and oxygen atoms in total. The molecule has 0 saturated carbocycles. The van der Waals surface area contributed by atoms with Crippen LogP contribution < -0.4 is 15.5 Å². The third-order valence-electron chi connectivity index (χ3n) is 5.66. The van der Waals surface area contributed by atoms with Crippen LogP contribution in [0.15, 0.2) is 42.5 Å². The van der Waals surface area contributed by atoms with Crippen molar-refractivity contribution in [3.63, 3.8) is 0 Å². The summed E-state index contributed by atoms with van der Waals surface area (Å²) in [6.45, 7) is 12.3. The predicted molar refractivity (Wildman–Crippen MR) is 136 cm³/mol. The second-order valence-corrected chi connectivity index (χ2v) is 9.81. The van der Waals surface area contributed by atoms with Crippen LogP contribution >= 0.6 is 0 Å². The Balaban J connectivity index is 1.97. The summed E-state index contributed by atoms with van der Waals surface area (Å²) in [6, 6.07) is 13.8. The molecule has 0 unspecified atom stereocenters. The lowest BCUT2D eigenvalue weighted by Gasteiger charge is -2.29. The first-order chi connectivity index (χ1) is 15.7. The first-order valence-corrected chi connectivity index (χ1v) is 12.1. The van der Waals surface area contributed by atoms with E-state index >= 15 is 0 Å². The zero-order chi connectivity index (χ0) is 24.0. The fourth-order valence-corrected chi connectivity index (χ4v) is 4.34. The number of urea groups is 1. The van der Waals surface area contributed by atoms with Gasteiger partial charge in [0.05, 0.1) is 17.9 Å². The number of carbonyl (C=O) groups excluding carboxylic acids is 2. The van der Waals surface area contributed by atoms with Gasteiger partial charge in [0.2, 0.25) is 5.91 Å². The van der Waals surface area contributed by atoms with Crippen LogP contribution in [0, 0.1) is 0 Å². The lowest BCUT2D eigenvalue weighted by Crippen LogP contribution is -2.43. The molecule has 1 aliphatic heterocycles. The minimum atomic E-state index is -0.335. The molecule has 33 heavy (non-hydrogen) atoms. The average molecular weight is 451 g/mol. The van der Waals surface area contributed by atoms with Crippen molar-refractivity contribution < 1.29 is 9.59 Å². The summed E-state index contributed by atoms with van der Waals surface area (Å²) < 4.78 is 0. The van der Waals surface area contributed by atoms with E-state index in [9.17, 15) is 9.59 Å². The summed E-state index contributed by atoms with van der Waals surface area (Å²) in [5, 5.41) is 5.86. The van der Waals surface area contributed by atoms with Gasteiger partial charge in [-0.25, -0.2) is 4.79 Å². The number of rotatable bonds is 7. The molecule has 2 aromatic carbocycles. The Hall–Kier alpha value is -2.86. The number of nitrogens with zero attached hydrogens (tertiary/aromatic N) is 2. The molecule has 0 saturated heterocycles. The molecule has 1 aliphatic rings. The van der Waals surface area contributed by atoms with Crippen molar-refractivity contribution in [2.75, 3.05) is 29.9 Å². The quantitative estimate of drug-likeness (QED) is 0.586. The molecule has 1 heterocycles. The topological polar surface area (TPSA) is 64.7 Å². The van der Waals surface area contributed by atoms with E-state index in [0.717, 1.165) is 55.7 Å². The van der Waals surface area contributed by atoms with Gasteiger partial charge in [-0.15, -0.1) is 0 Å². The zero-order valence-electron chi connectivity index (χ0n) is 20.7. The molecule has 0 spiro atoms.